The molecule has 0 aromatic heterocycles. The molecule has 0 radical (unpaired) electrons. The maximum atomic E-state index is 13.9. The number of allylic oxidation sites excluding steroid dienone is 4. The molecule has 0 saturated heterocycles. The molecule has 4 aliphatic carbocycles. The second kappa shape index (κ2) is 8.82. The summed E-state index contributed by atoms with van der Waals surface area (Å²) in [6.45, 7) is 8.69. The Balaban J connectivity index is 1.79. The third-order valence-corrected chi connectivity index (χ3v) is 9.39. The zero-order valence-electron chi connectivity index (χ0n) is 21.3. The van der Waals surface area contributed by atoms with Gasteiger partial charge >= 0.3 is 11.9 Å². The van der Waals surface area contributed by atoms with Gasteiger partial charge in [-0.3, -0.25) is 24.0 Å². The zero-order chi connectivity index (χ0) is 25.8. The van der Waals surface area contributed by atoms with Crippen LogP contribution in [0, 0.1) is 34.5 Å². The van der Waals surface area contributed by atoms with Crippen LogP contribution in [0.1, 0.15) is 73.1 Å². The minimum Gasteiger partial charge on any atom is -0.457 e. The molecular formula is C28H36O7. The van der Waals surface area contributed by atoms with E-state index in [0.29, 0.717) is 19.3 Å². The van der Waals surface area contributed by atoms with Crippen molar-refractivity contribution < 1.29 is 33.4 Å². The molecule has 0 heterocycles. The van der Waals surface area contributed by atoms with Gasteiger partial charge in [0.15, 0.2) is 18.0 Å². The van der Waals surface area contributed by atoms with E-state index in [2.05, 4.69) is 6.92 Å². The fourth-order valence-corrected chi connectivity index (χ4v) is 7.63. The molecule has 190 valence electrons. The van der Waals surface area contributed by atoms with Crippen molar-refractivity contribution in [2.75, 3.05) is 6.61 Å². The lowest BCUT2D eigenvalue weighted by Crippen LogP contribution is -2.63. The molecule has 0 bridgehead atoms. The van der Waals surface area contributed by atoms with E-state index in [4.69, 9.17) is 9.47 Å². The van der Waals surface area contributed by atoms with Crippen LogP contribution < -0.4 is 0 Å². The fourth-order valence-electron chi connectivity index (χ4n) is 7.63. The van der Waals surface area contributed by atoms with Gasteiger partial charge < -0.3 is 9.47 Å². The van der Waals surface area contributed by atoms with Crippen LogP contribution in [0.2, 0.25) is 0 Å². The predicted molar refractivity (Wildman–Crippen MR) is 127 cm³/mol. The number of ether oxygens (including phenoxy) is 2. The van der Waals surface area contributed by atoms with E-state index in [1.165, 1.54) is 0 Å². The molecule has 0 aromatic rings. The Kier molecular flexibility index (Phi) is 6.43. The number of ketones is 3. The molecule has 2 saturated carbocycles. The molecule has 0 spiro atoms. The van der Waals surface area contributed by atoms with Gasteiger partial charge in [0, 0.05) is 48.3 Å². The lowest BCUT2D eigenvalue weighted by molar-refractivity contribution is -0.196. The summed E-state index contributed by atoms with van der Waals surface area (Å²) in [5.74, 6) is -2.20. The summed E-state index contributed by atoms with van der Waals surface area (Å²) in [6, 6.07) is 0. The van der Waals surface area contributed by atoms with Gasteiger partial charge in [0.05, 0.1) is 0 Å². The molecule has 0 N–H and O–H groups in total. The number of hydrogen-bond acceptors (Lipinski definition) is 7. The van der Waals surface area contributed by atoms with E-state index >= 15 is 0 Å². The van der Waals surface area contributed by atoms with Crippen molar-refractivity contribution in [1.82, 2.24) is 0 Å². The van der Waals surface area contributed by atoms with Crippen LogP contribution in [0.5, 0.6) is 0 Å². The molecule has 0 aromatic carbocycles. The van der Waals surface area contributed by atoms with E-state index in [9.17, 15) is 24.0 Å². The molecule has 2 fully saturated rings. The highest BCUT2D eigenvalue weighted by Gasteiger charge is 2.72. The van der Waals surface area contributed by atoms with Gasteiger partial charge in [-0.2, -0.15) is 0 Å². The van der Waals surface area contributed by atoms with Crippen LogP contribution in [0.3, 0.4) is 0 Å². The van der Waals surface area contributed by atoms with Crippen LogP contribution in [-0.4, -0.2) is 41.5 Å². The van der Waals surface area contributed by atoms with Gasteiger partial charge in [-0.15, -0.1) is 0 Å². The second-order valence-corrected chi connectivity index (χ2v) is 11.2. The van der Waals surface area contributed by atoms with Gasteiger partial charge in [-0.1, -0.05) is 46.8 Å². The van der Waals surface area contributed by atoms with E-state index in [-0.39, 0.29) is 54.5 Å². The van der Waals surface area contributed by atoms with Crippen molar-refractivity contribution >= 4 is 29.3 Å². The Morgan fingerprint density at radius 3 is 2.43 bits per heavy atom. The first-order valence-electron chi connectivity index (χ1n) is 12.8. The van der Waals surface area contributed by atoms with Crippen LogP contribution >= 0.6 is 0 Å². The van der Waals surface area contributed by atoms with Crippen molar-refractivity contribution in [3.05, 3.63) is 23.8 Å². The topological polar surface area (TPSA) is 104 Å². The first kappa shape index (κ1) is 25.5. The lowest BCUT2D eigenvalue weighted by Gasteiger charge is -2.56. The van der Waals surface area contributed by atoms with Crippen LogP contribution in [0.25, 0.3) is 0 Å². The third-order valence-electron chi connectivity index (χ3n) is 9.39. The summed E-state index contributed by atoms with van der Waals surface area (Å²) in [5.41, 5.74) is -2.00. The molecular weight excluding hydrogens is 448 g/mol. The van der Waals surface area contributed by atoms with Crippen LogP contribution in [-0.2, 0) is 33.4 Å². The Bertz CT molecular complexity index is 1040. The molecule has 0 aliphatic heterocycles. The van der Waals surface area contributed by atoms with Crippen molar-refractivity contribution in [3.63, 3.8) is 0 Å². The zero-order valence-corrected chi connectivity index (χ0v) is 21.3. The summed E-state index contributed by atoms with van der Waals surface area (Å²) >= 11 is 0. The Morgan fingerprint density at radius 2 is 1.77 bits per heavy atom. The minimum absolute atomic E-state index is 0.0326. The van der Waals surface area contributed by atoms with E-state index < -0.39 is 40.8 Å². The van der Waals surface area contributed by atoms with Gasteiger partial charge in [0.1, 0.15) is 5.78 Å². The number of hydrogen-bond donors (Lipinski definition) is 0. The summed E-state index contributed by atoms with van der Waals surface area (Å²) < 4.78 is 11.2. The molecule has 7 nitrogen and oxygen atoms in total. The standard InChI is InChI=1S/C28H36O7/c1-6-23(32)34-15-22(31)28(35-24(33)7-2)16(3)12-20-19-9-8-17-13-18(29)10-11-26(17,4)25(19)21(30)14-27(20,28)5/h8-9,13,16,19-20,25H,6-7,10-12,14-15H2,1-5H3/t16-,19+,20+,25-,26+,27+,28-/m1/s1. The summed E-state index contributed by atoms with van der Waals surface area (Å²) in [6.07, 6.45) is 7.65. The Morgan fingerprint density at radius 1 is 1.09 bits per heavy atom. The molecule has 7 atom stereocenters. The number of fused-ring (bicyclic) bond motifs is 5. The van der Waals surface area contributed by atoms with Crippen LogP contribution in [0.4, 0.5) is 0 Å². The number of Topliss-reactive ketones (excluding diaryl/α,β-unsaturated/α-hetero) is 2. The quantitative estimate of drug-likeness (QED) is 0.526. The molecule has 0 unspecified atom stereocenters. The van der Waals surface area contributed by atoms with Gasteiger partial charge in [0.25, 0.3) is 0 Å². The third kappa shape index (κ3) is 3.64. The number of rotatable bonds is 6. The second-order valence-electron chi connectivity index (χ2n) is 11.2. The Labute approximate surface area is 206 Å². The first-order valence-corrected chi connectivity index (χ1v) is 12.8. The summed E-state index contributed by atoms with van der Waals surface area (Å²) in [4.78, 5) is 64.2. The van der Waals surface area contributed by atoms with Crippen LogP contribution in [0.15, 0.2) is 23.8 Å². The maximum absolute atomic E-state index is 13.9. The number of carbonyl (C=O) groups excluding carboxylic acids is 5. The van der Waals surface area contributed by atoms with Crippen molar-refractivity contribution in [3.8, 4) is 0 Å². The summed E-state index contributed by atoms with van der Waals surface area (Å²) in [5, 5.41) is 0. The average molecular weight is 485 g/mol. The maximum Gasteiger partial charge on any atom is 0.306 e. The highest BCUT2D eigenvalue weighted by Crippen LogP contribution is 2.67. The highest BCUT2D eigenvalue weighted by atomic mass is 16.6. The summed E-state index contributed by atoms with van der Waals surface area (Å²) in [7, 11) is 0. The molecule has 35 heavy (non-hydrogen) atoms. The van der Waals surface area contributed by atoms with Crippen molar-refractivity contribution in [2.45, 2.75) is 78.7 Å². The van der Waals surface area contributed by atoms with Gasteiger partial charge in [-0.05, 0) is 36.3 Å². The SMILES string of the molecule is CCC(=O)OCC(=O)[C@]1(OC(=O)CC)[C@H](C)C[C@H]2[C@@H]3C=CC4=CC(=O)CC[C@]4(C)[C@H]3C(=O)C[C@@]21C. The van der Waals surface area contributed by atoms with Gasteiger partial charge in [-0.25, -0.2) is 0 Å². The molecule has 4 aliphatic rings. The normalized spacial score (nSPS) is 39.7. The first-order chi connectivity index (χ1) is 16.4. The Hall–Kier alpha value is -2.57. The van der Waals surface area contributed by atoms with Gasteiger partial charge in [0.2, 0.25) is 5.78 Å². The van der Waals surface area contributed by atoms with Crippen molar-refractivity contribution in [1.29, 1.82) is 0 Å². The largest absolute Gasteiger partial charge is 0.457 e. The predicted octanol–water partition coefficient (Wildman–Crippen LogP) is 3.93. The lowest BCUT2D eigenvalue weighted by atomic mass is 9.47. The van der Waals surface area contributed by atoms with E-state index in [1.807, 2.05) is 26.0 Å². The van der Waals surface area contributed by atoms with E-state index in [1.54, 1.807) is 19.9 Å². The smallest absolute Gasteiger partial charge is 0.306 e. The monoisotopic (exact) mass is 484 g/mol. The fraction of sp³-hybridized carbons (Fsp3) is 0.679. The molecule has 0 amide bonds. The van der Waals surface area contributed by atoms with Crippen molar-refractivity contribution in [2.24, 2.45) is 34.5 Å². The molecule has 4 rings (SSSR count). The average Bonchev–Trinajstić information content (AvgIpc) is 3.04. The number of esters is 2. The number of carbonyl (C=O) groups is 5. The minimum atomic E-state index is -1.55. The van der Waals surface area contributed by atoms with E-state index in [0.717, 1.165) is 5.57 Å². The highest BCUT2D eigenvalue weighted by molar-refractivity contribution is 5.97. The molecule has 7 heteroatoms.